The Bertz CT molecular complexity index is 419. The maximum atomic E-state index is 8.88. The molecule has 4 heteroatoms. The summed E-state index contributed by atoms with van der Waals surface area (Å²) in [6, 6.07) is 7.49. The largest absolute Gasteiger partial charge is 0.398 e. The molecule has 1 aliphatic rings. The van der Waals surface area contributed by atoms with E-state index in [-0.39, 0.29) is 6.10 Å². The minimum atomic E-state index is 0.284. The van der Waals surface area contributed by atoms with Crippen LogP contribution in [0.25, 0.3) is 0 Å². The van der Waals surface area contributed by atoms with Crippen molar-refractivity contribution in [3.8, 4) is 6.07 Å². The van der Waals surface area contributed by atoms with E-state index in [1.807, 2.05) is 6.07 Å². The number of rotatable bonds is 3. The number of benzene rings is 1. The summed E-state index contributed by atoms with van der Waals surface area (Å²) >= 11 is 0. The van der Waals surface area contributed by atoms with E-state index in [2.05, 4.69) is 11.4 Å². The molecule has 0 bridgehead atoms. The molecule has 0 aliphatic carbocycles. The van der Waals surface area contributed by atoms with Gasteiger partial charge in [0.25, 0.3) is 0 Å². The minimum Gasteiger partial charge on any atom is -0.398 e. The van der Waals surface area contributed by atoms with E-state index in [9.17, 15) is 0 Å². The molecule has 0 spiro atoms. The van der Waals surface area contributed by atoms with E-state index in [0.29, 0.717) is 11.3 Å². The molecule has 0 saturated carbocycles. The van der Waals surface area contributed by atoms with Crippen LogP contribution >= 0.6 is 0 Å². The summed E-state index contributed by atoms with van der Waals surface area (Å²) < 4.78 is 5.63. The van der Waals surface area contributed by atoms with Gasteiger partial charge in [0.2, 0.25) is 0 Å². The Morgan fingerprint density at radius 2 is 2.35 bits per heavy atom. The van der Waals surface area contributed by atoms with Crippen LogP contribution in [0.4, 0.5) is 11.4 Å². The number of hydrogen-bond donors (Lipinski definition) is 2. The molecule has 1 heterocycles. The SMILES string of the molecule is N#Cc1cc(NCC2CCCCO2)ccc1N. The van der Waals surface area contributed by atoms with Crippen molar-refractivity contribution in [2.45, 2.75) is 25.4 Å². The van der Waals surface area contributed by atoms with E-state index in [1.165, 1.54) is 6.42 Å². The number of anilines is 2. The molecule has 1 aromatic carbocycles. The predicted octanol–water partition coefficient (Wildman–Crippen LogP) is 2.12. The molecule has 4 nitrogen and oxygen atoms in total. The summed E-state index contributed by atoms with van der Waals surface area (Å²) in [6.07, 6.45) is 3.79. The zero-order valence-electron chi connectivity index (χ0n) is 9.78. The monoisotopic (exact) mass is 231 g/mol. The van der Waals surface area contributed by atoms with E-state index in [0.717, 1.165) is 31.7 Å². The van der Waals surface area contributed by atoms with Crippen molar-refractivity contribution >= 4 is 11.4 Å². The summed E-state index contributed by atoms with van der Waals surface area (Å²) in [5, 5.41) is 12.2. The van der Waals surface area contributed by atoms with Gasteiger partial charge >= 0.3 is 0 Å². The highest BCUT2D eigenvalue weighted by molar-refractivity contribution is 5.61. The van der Waals surface area contributed by atoms with Gasteiger partial charge in [-0.1, -0.05) is 0 Å². The number of nitriles is 1. The van der Waals surface area contributed by atoms with Gasteiger partial charge in [0, 0.05) is 24.5 Å². The molecule has 2 rings (SSSR count). The zero-order chi connectivity index (χ0) is 12.1. The van der Waals surface area contributed by atoms with Crippen molar-refractivity contribution in [3.63, 3.8) is 0 Å². The van der Waals surface area contributed by atoms with Crippen LogP contribution in [-0.2, 0) is 4.74 Å². The molecule has 0 radical (unpaired) electrons. The van der Waals surface area contributed by atoms with E-state index >= 15 is 0 Å². The number of nitrogens with two attached hydrogens (primary N) is 1. The Labute approximate surface area is 101 Å². The highest BCUT2D eigenvalue weighted by Gasteiger charge is 2.13. The molecular formula is C13H17N3O. The quantitative estimate of drug-likeness (QED) is 0.782. The molecule has 3 N–H and O–H groups in total. The summed E-state index contributed by atoms with van der Waals surface area (Å²) in [5.74, 6) is 0. The third-order valence-electron chi connectivity index (χ3n) is 2.98. The molecule has 90 valence electrons. The summed E-state index contributed by atoms with van der Waals surface area (Å²) in [5.41, 5.74) is 7.62. The first-order chi connectivity index (χ1) is 8.29. The van der Waals surface area contributed by atoms with Crippen LogP contribution in [0.2, 0.25) is 0 Å². The first kappa shape index (κ1) is 11.7. The molecule has 1 saturated heterocycles. The fourth-order valence-electron chi connectivity index (χ4n) is 1.96. The fourth-order valence-corrected chi connectivity index (χ4v) is 1.96. The van der Waals surface area contributed by atoms with Gasteiger partial charge in [-0.3, -0.25) is 0 Å². The van der Waals surface area contributed by atoms with E-state index in [1.54, 1.807) is 12.1 Å². The van der Waals surface area contributed by atoms with Gasteiger partial charge < -0.3 is 15.8 Å². The van der Waals surface area contributed by atoms with Crippen LogP contribution in [0.3, 0.4) is 0 Å². The van der Waals surface area contributed by atoms with Crippen LogP contribution < -0.4 is 11.1 Å². The van der Waals surface area contributed by atoms with Crippen molar-refractivity contribution in [3.05, 3.63) is 23.8 Å². The van der Waals surface area contributed by atoms with Crippen molar-refractivity contribution in [1.82, 2.24) is 0 Å². The second-order valence-corrected chi connectivity index (χ2v) is 4.28. The average molecular weight is 231 g/mol. The van der Waals surface area contributed by atoms with Gasteiger partial charge in [0.15, 0.2) is 0 Å². The Morgan fingerprint density at radius 3 is 3.06 bits per heavy atom. The second-order valence-electron chi connectivity index (χ2n) is 4.28. The molecule has 1 unspecified atom stereocenters. The molecular weight excluding hydrogens is 214 g/mol. The lowest BCUT2D eigenvalue weighted by Crippen LogP contribution is -2.26. The molecule has 17 heavy (non-hydrogen) atoms. The summed E-state index contributed by atoms with van der Waals surface area (Å²) in [7, 11) is 0. The number of hydrogen-bond acceptors (Lipinski definition) is 4. The van der Waals surface area contributed by atoms with Gasteiger partial charge in [0.1, 0.15) is 6.07 Å². The van der Waals surface area contributed by atoms with Crippen LogP contribution in [0, 0.1) is 11.3 Å². The minimum absolute atomic E-state index is 0.284. The topological polar surface area (TPSA) is 71.1 Å². The Morgan fingerprint density at radius 1 is 1.47 bits per heavy atom. The lowest BCUT2D eigenvalue weighted by molar-refractivity contribution is 0.0247. The molecule has 1 fully saturated rings. The van der Waals surface area contributed by atoms with Gasteiger partial charge in [-0.25, -0.2) is 0 Å². The summed E-state index contributed by atoms with van der Waals surface area (Å²) in [6.45, 7) is 1.65. The Balaban J connectivity index is 1.92. The lowest BCUT2D eigenvalue weighted by Gasteiger charge is -2.23. The number of ether oxygens (including phenoxy) is 1. The van der Waals surface area contributed by atoms with Crippen LogP contribution in [-0.4, -0.2) is 19.3 Å². The van der Waals surface area contributed by atoms with Crippen molar-refractivity contribution in [2.75, 3.05) is 24.2 Å². The third kappa shape index (κ3) is 3.11. The van der Waals surface area contributed by atoms with E-state index < -0.39 is 0 Å². The van der Waals surface area contributed by atoms with Crippen LogP contribution in [0.1, 0.15) is 24.8 Å². The molecule has 0 amide bonds. The second kappa shape index (κ2) is 5.55. The highest BCUT2D eigenvalue weighted by atomic mass is 16.5. The van der Waals surface area contributed by atoms with Crippen molar-refractivity contribution in [2.24, 2.45) is 0 Å². The van der Waals surface area contributed by atoms with Gasteiger partial charge in [0.05, 0.1) is 11.7 Å². The molecule has 1 aromatic rings. The first-order valence-corrected chi connectivity index (χ1v) is 5.94. The van der Waals surface area contributed by atoms with Gasteiger partial charge in [-0.15, -0.1) is 0 Å². The standard InChI is InChI=1S/C13H17N3O/c14-8-10-7-11(4-5-13(10)15)16-9-12-3-1-2-6-17-12/h4-5,7,12,16H,1-3,6,9,15H2. The lowest BCUT2D eigenvalue weighted by atomic mass is 10.1. The van der Waals surface area contributed by atoms with Gasteiger partial charge in [-0.2, -0.15) is 5.26 Å². The third-order valence-corrected chi connectivity index (χ3v) is 2.98. The maximum Gasteiger partial charge on any atom is 0.101 e. The normalized spacial score (nSPS) is 19.6. The summed E-state index contributed by atoms with van der Waals surface area (Å²) in [4.78, 5) is 0. The average Bonchev–Trinajstić information content (AvgIpc) is 2.39. The smallest absolute Gasteiger partial charge is 0.101 e. The number of nitrogens with one attached hydrogen (secondary N) is 1. The van der Waals surface area contributed by atoms with Crippen molar-refractivity contribution in [1.29, 1.82) is 5.26 Å². The number of nitrogens with zero attached hydrogens (tertiary/aromatic N) is 1. The molecule has 1 aliphatic heterocycles. The van der Waals surface area contributed by atoms with E-state index in [4.69, 9.17) is 15.7 Å². The van der Waals surface area contributed by atoms with Crippen molar-refractivity contribution < 1.29 is 4.74 Å². The Kier molecular flexibility index (Phi) is 3.84. The first-order valence-electron chi connectivity index (χ1n) is 5.94. The number of nitrogen functional groups attached to an aromatic ring is 1. The molecule has 0 aromatic heterocycles. The maximum absolute atomic E-state index is 8.88. The zero-order valence-corrected chi connectivity index (χ0v) is 9.78. The van der Waals surface area contributed by atoms with Gasteiger partial charge in [-0.05, 0) is 37.5 Å². The molecule has 1 atom stereocenters. The fraction of sp³-hybridized carbons (Fsp3) is 0.462. The highest BCUT2D eigenvalue weighted by Crippen LogP contribution is 2.18. The van der Waals surface area contributed by atoms with Crippen LogP contribution in [0.15, 0.2) is 18.2 Å². The Hall–Kier alpha value is -1.73. The predicted molar refractivity (Wildman–Crippen MR) is 67.7 cm³/mol. The van der Waals surface area contributed by atoms with Crippen LogP contribution in [0.5, 0.6) is 0 Å².